The molecule has 112 valence electrons. The number of aryl methyl sites for hydroxylation is 2. The molecule has 0 saturated carbocycles. The molecular weight excluding hydrogens is 242 g/mol. The van der Waals surface area contributed by atoms with Gasteiger partial charge in [-0.1, -0.05) is 43.2 Å². The van der Waals surface area contributed by atoms with Crippen molar-refractivity contribution in [1.82, 2.24) is 0 Å². The minimum atomic E-state index is 1.08. The molecule has 1 aromatic rings. The summed E-state index contributed by atoms with van der Waals surface area (Å²) in [6.45, 7) is 13.3. The molecule has 0 radical (unpaired) electrons. The summed E-state index contributed by atoms with van der Waals surface area (Å²) in [7, 11) is 0. The SMILES string of the molecule is C/C=C(\C)CCN(CC)c1c(C)cccc1CCCC. The number of anilines is 1. The molecule has 0 aromatic heterocycles. The van der Waals surface area contributed by atoms with E-state index in [9.17, 15) is 0 Å². The highest BCUT2D eigenvalue weighted by atomic mass is 15.1. The Kier molecular flexibility index (Phi) is 7.43. The predicted molar refractivity (Wildman–Crippen MR) is 91.7 cm³/mol. The fourth-order valence-electron chi connectivity index (χ4n) is 2.62. The lowest BCUT2D eigenvalue weighted by Crippen LogP contribution is -2.26. The molecule has 0 N–H and O–H groups in total. The van der Waals surface area contributed by atoms with Crippen molar-refractivity contribution in [3.8, 4) is 0 Å². The van der Waals surface area contributed by atoms with Gasteiger partial charge in [-0.25, -0.2) is 0 Å². The maximum atomic E-state index is 2.55. The Bertz CT molecular complexity index is 431. The number of allylic oxidation sites excluding steroid dienone is 1. The third-order valence-corrected chi connectivity index (χ3v) is 4.09. The van der Waals surface area contributed by atoms with Gasteiger partial charge in [-0.05, 0) is 58.1 Å². The van der Waals surface area contributed by atoms with Crippen LogP contribution in [-0.2, 0) is 6.42 Å². The van der Waals surface area contributed by atoms with Crippen LogP contribution in [0.25, 0.3) is 0 Å². The summed E-state index contributed by atoms with van der Waals surface area (Å²) >= 11 is 0. The zero-order chi connectivity index (χ0) is 15.0. The molecular formula is C19H31N. The highest BCUT2D eigenvalue weighted by Crippen LogP contribution is 2.27. The molecule has 20 heavy (non-hydrogen) atoms. The Morgan fingerprint density at radius 2 is 2.00 bits per heavy atom. The molecule has 0 aliphatic heterocycles. The van der Waals surface area contributed by atoms with Gasteiger partial charge in [0.15, 0.2) is 0 Å². The van der Waals surface area contributed by atoms with Crippen molar-refractivity contribution in [1.29, 1.82) is 0 Å². The number of hydrogen-bond acceptors (Lipinski definition) is 1. The van der Waals surface area contributed by atoms with Crippen LogP contribution in [0.4, 0.5) is 5.69 Å². The van der Waals surface area contributed by atoms with Crippen molar-refractivity contribution in [2.45, 2.75) is 60.3 Å². The number of nitrogens with zero attached hydrogens (tertiary/aromatic N) is 1. The first-order valence-corrected chi connectivity index (χ1v) is 8.09. The van der Waals surface area contributed by atoms with Gasteiger partial charge in [0.2, 0.25) is 0 Å². The van der Waals surface area contributed by atoms with Crippen LogP contribution in [0.2, 0.25) is 0 Å². The highest BCUT2D eigenvalue weighted by molar-refractivity contribution is 5.59. The van der Waals surface area contributed by atoms with Crippen LogP contribution in [0.5, 0.6) is 0 Å². The molecule has 1 nitrogen and oxygen atoms in total. The van der Waals surface area contributed by atoms with Crippen LogP contribution in [0, 0.1) is 6.92 Å². The highest BCUT2D eigenvalue weighted by Gasteiger charge is 2.12. The average molecular weight is 273 g/mol. The summed E-state index contributed by atoms with van der Waals surface area (Å²) in [5, 5.41) is 0. The second kappa shape index (κ2) is 8.84. The van der Waals surface area contributed by atoms with E-state index < -0.39 is 0 Å². The molecule has 0 saturated heterocycles. The Balaban J connectivity index is 2.94. The van der Waals surface area contributed by atoms with Crippen molar-refractivity contribution < 1.29 is 0 Å². The van der Waals surface area contributed by atoms with Crippen molar-refractivity contribution in [2.75, 3.05) is 18.0 Å². The Labute approximate surface area is 125 Å². The van der Waals surface area contributed by atoms with Gasteiger partial charge >= 0.3 is 0 Å². The Hall–Kier alpha value is -1.24. The lowest BCUT2D eigenvalue weighted by Gasteiger charge is -2.28. The number of hydrogen-bond donors (Lipinski definition) is 0. The van der Waals surface area contributed by atoms with E-state index in [1.165, 1.54) is 41.6 Å². The lowest BCUT2D eigenvalue weighted by atomic mass is 10.0. The number of rotatable bonds is 8. The van der Waals surface area contributed by atoms with Gasteiger partial charge in [0.1, 0.15) is 0 Å². The molecule has 0 bridgehead atoms. The summed E-state index contributed by atoms with van der Waals surface area (Å²) in [6.07, 6.45) is 7.13. The van der Waals surface area contributed by atoms with E-state index in [0.29, 0.717) is 0 Å². The van der Waals surface area contributed by atoms with Crippen molar-refractivity contribution in [2.24, 2.45) is 0 Å². The second-order valence-electron chi connectivity index (χ2n) is 5.65. The maximum Gasteiger partial charge on any atom is 0.0428 e. The largest absolute Gasteiger partial charge is 0.371 e. The van der Waals surface area contributed by atoms with Gasteiger partial charge in [-0.3, -0.25) is 0 Å². The first-order chi connectivity index (χ1) is 9.63. The minimum absolute atomic E-state index is 1.08. The molecule has 1 aromatic carbocycles. The average Bonchev–Trinajstić information content (AvgIpc) is 2.47. The van der Waals surface area contributed by atoms with Crippen molar-refractivity contribution >= 4 is 5.69 Å². The van der Waals surface area contributed by atoms with E-state index in [2.05, 4.69) is 63.8 Å². The number of para-hydroxylation sites is 1. The van der Waals surface area contributed by atoms with Gasteiger partial charge in [-0.2, -0.15) is 0 Å². The van der Waals surface area contributed by atoms with E-state index in [1.54, 1.807) is 0 Å². The summed E-state index contributed by atoms with van der Waals surface area (Å²) in [6, 6.07) is 6.76. The third kappa shape index (κ3) is 4.70. The fraction of sp³-hybridized carbons (Fsp3) is 0.579. The third-order valence-electron chi connectivity index (χ3n) is 4.09. The topological polar surface area (TPSA) is 3.24 Å². The van der Waals surface area contributed by atoms with Gasteiger partial charge in [-0.15, -0.1) is 0 Å². The van der Waals surface area contributed by atoms with Crippen molar-refractivity contribution in [3.63, 3.8) is 0 Å². The van der Waals surface area contributed by atoms with E-state index in [0.717, 1.165) is 19.5 Å². The Morgan fingerprint density at radius 1 is 1.25 bits per heavy atom. The number of unbranched alkanes of at least 4 members (excludes halogenated alkanes) is 1. The maximum absolute atomic E-state index is 2.55. The van der Waals surface area contributed by atoms with E-state index in [1.807, 2.05) is 0 Å². The molecule has 1 rings (SSSR count). The molecule has 0 unspecified atom stereocenters. The molecule has 0 aliphatic rings. The number of benzene rings is 1. The quantitative estimate of drug-likeness (QED) is 0.564. The van der Waals surface area contributed by atoms with Gasteiger partial charge in [0.25, 0.3) is 0 Å². The first kappa shape index (κ1) is 16.8. The van der Waals surface area contributed by atoms with Gasteiger partial charge < -0.3 is 4.90 Å². The fourth-order valence-corrected chi connectivity index (χ4v) is 2.62. The zero-order valence-corrected chi connectivity index (χ0v) is 14.0. The van der Waals surface area contributed by atoms with E-state index in [-0.39, 0.29) is 0 Å². The van der Waals surface area contributed by atoms with Crippen LogP contribution in [0.1, 0.15) is 58.1 Å². The minimum Gasteiger partial charge on any atom is -0.371 e. The molecule has 1 heteroatoms. The molecule has 0 amide bonds. The van der Waals surface area contributed by atoms with Gasteiger partial charge in [0.05, 0.1) is 0 Å². The van der Waals surface area contributed by atoms with E-state index in [4.69, 9.17) is 0 Å². The molecule has 0 atom stereocenters. The lowest BCUT2D eigenvalue weighted by molar-refractivity contribution is 0.765. The first-order valence-electron chi connectivity index (χ1n) is 8.09. The smallest absolute Gasteiger partial charge is 0.0428 e. The Morgan fingerprint density at radius 3 is 2.60 bits per heavy atom. The second-order valence-corrected chi connectivity index (χ2v) is 5.65. The predicted octanol–water partition coefficient (Wildman–Crippen LogP) is 5.52. The van der Waals surface area contributed by atoms with Crippen LogP contribution in [0.3, 0.4) is 0 Å². The van der Waals surface area contributed by atoms with E-state index >= 15 is 0 Å². The molecule has 0 aliphatic carbocycles. The monoisotopic (exact) mass is 273 g/mol. The van der Waals surface area contributed by atoms with Crippen molar-refractivity contribution in [3.05, 3.63) is 41.0 Å². The zero-order valence-electron chi connectivity index (χ0n) is 14.0. The summed E-state index contributed by atoms with van der Waals surface area (Å²) in [5.74, 6) is 0. The molecule has 0 fully saturated rings. The van der Waals surface area contributed by atoms with Crippen LogP contribution in [-0.4, -0.2) is 13.1 Å². The summed E-state index contributed by atoms with van der Waals surface area (Å²) in [5.41, 5.74) is 5.89. The van der Waals surface area contributed by atoms with Crippen LogP contribution in [0.15, 0.2) is 29.8 Å². The van der Waals surface area contributed by atoms with Crippen LogP contribution < -0.4 is 4.90 Å². The van der Waals surface area contributed by atoms with Crippen LogP contribution >= 0.6 is 0 Å². The van der Waals surface area contributed by atoms with Gasteiger partial charge in [0, 0.05) is 18.8 Å². The summed E-state index contributed by atoms with van der Waals surface area (Å²) in [4.78, 5) is 2.55. The molecule has 0 spiro atoms. The normalized spacial score (nSPS) is 11.8. The standard InChI is InChI=1S/C19H31N/c1-6-9-12-18-13-10-11-17(5)19(18)20(8-3)15-14-16(4)7-2/h7,10-11,13H,6,8-9,12,14-15H2,1-5H3/b16-7+. The molecule has 0 heterocycles. The summed E-state index contributed by atoms with van der Waals surface area (Å²) < 4.78 is 0.